The quantitative estimate of drug-likeness (QED) is 0.698. The first-order chi connectivity index (χ1) is 7.65. The van der Waals surface area contributed by atoms with E-state index in [1.165, 1.54) is 5.69 Å². The van der Waals surface area contributed by atoms with E-state index < -0.39 is 0 Å². The van der Waals surface area contributed by atoms with Gasteiger partial charge in [-0.25, -0.2) is 4.68 Å². The number of fused-ring (bicyclic) bond motifs is 1. The minimum Gasteiger partial charge on any atom is -0.244 e. The zero-order valence-electron chi connectivity index (χ0n) is 11.0. The van der Waals surface area contributed by atoms with Crippen molar-refractivity contribution in [3.63, 3.8) is 0 Å². The molecule has 1 aliphatic heterocycles. The summed E-state index contributed by atoms with van der Waals surface area (Å²) in [7, 11) is 0. The minimum atomic E-state index is 0.116. The molecular formula is C14H22N2. The number of aryl methyl sites for hydroxylation is 1. The molecule has 2 heteroatoms. The molecule has 1 unspecified atom stereocenters. The lowest BCUT2D eigenvalue weighted by atomic mass is 9.83. The predicted octanol–water partition coefficient (Wildman–Crippen LogP) is 3.93. The van der Waals surface area contributed by atoms with Crippen molar-refractivity contribution in [3.8, 4) is 0 Å². The molecule has 0 aliphatic carbocycles. The van der Waals surface area contributed by atoms with Gasteiger partial charge in [0, 0.05) is 11.6 Å². The molecule has 0 fully saturated rings. The van der Waals surface area contributed by atoms with Crippen LogP contribution in [0.1, 0.15) is 45.5 Å². The van der Waals surface area contributed by atoms with Gasteiger partial charge in [0.05, 0.1) is 11.4 Å². The summed E-state index contributed by atoms with van der Waals surface area (Å²) in [5.41, 5.74) is 2.48. The van der Waals surface area contributed by atoms with E-state index in [9.17, 15) is 0 Å². The average molecular weight is 218 g/mol. The van der Waals surface area contributed by atoms with Gasteiger partial charge in [0.1, 0.15) is 0 Å². The van der Waals surface area contributed by atoms with Gasteiger partial charge in [-0.15, -0.1) is 0 Å². The van der Waals surface area contributed by atoms with Crippen molar-refractivity contribution in [2.24, 2.45) is 0 Å². The number of nitrogens with zero attached hydrogens (tertiary/aromatic N) is 2. The highest BCUT2D eigenvalue weighted by molar-refractivity contribution is 5.40. The van der Waals surface area contributed by atoms with Crippen molar-refractivity contribution < 1.29 is 0 Å². The molecule has 0 saturated carbocycles. The zero-order chi connectivity index (χ0) is 12.2. The fraction of sp³-hybridized carbons (Fsp3) is 0.500. The molecule has 16 heavy (non-hydrogen) atoms. The Morgan fingerprint density at radius 2 is 2.00 bits per heavy atom. The van der Waals surface area contributed by atoms with Gasteiger partial charge in [0.25, 0.3) is 0 Å². The summed E-state index contributed by atoms with van der Waals surface area (Å²) >= 11 is 0. The summed E-state index contributed by atoms with van der Waals surface area (Å²) in [5.74, 6) is 0. The molecule has 1 aromatic heterocycles. The van der Waals surface area contributed by atoms with Gasteiger partial charge < -0.3 is 0 Å². The Morgan fingerprint density at radius 3 is 2.62 bits per heavy atom. The van der Waals surface area contributed by atoms with Gasteiger partial charge in [-0.2, -0.15) is 5.10 Å². The highest BCUT2D eigenvalue weighted by Crippen LogP contribution is 2.31. The van der Waals surface area contributed by atoms with E-state index in [1.807, 2.05) is 37.7 Å². The van der Waals surface area contributed by atoms with Gasteiger partial charge in [-0.3, -0.25) is 0 Å². The molecular weight excluding hydrogens is 196 g/mol. The van der Waals surface area contributed by atoms with Crippen LogP contribution in [0.5, 0.6) is 0 Å². The fourth-order valence-corrected chi connectivity index (χ4v) is 1.84. The largest absolute Gasteiger partial charge is 0.244 e. The van der Waals surface area contributed by atoms with Gasteiger partial charge in [0.2, 0.25) is 0 Å². The fourth-order valence-electron chi connectivity index (χ4n) is 1.84. The molecule has 0 aromatic carbocycles. The maximum absolute atomic E-state index is 4.44. The van der Waals surface area contributed by atoms with Crippen LogP contribution < -0.4 is 0 Å². The topological polar surface area (TPSA) is 17.8 Å². The third-order valence-electron chi connectivity index (χ3n) is 2.98. The molecule has 1 aliphatic rings. The summed E-state index contributed by atoms with van der Waals surface area (Å²) in [5, 5.41) is 4.44. The molecule has 0 bridgehead atoms. The van der Waals surface area contributed by atoms with Crippen LogP contribution in [0.2, 0.25) is 0 Å². The zero-order valence-corrected chi connectivity index (χ0v) is 11.0. The van der Waals surface area contributed by atoms with Crippen molar-refractivity contribution in [2.45, 2.75) is 46.5 Å². The Labute approximate surface area is 98.7 Å². The number of aromatic nitrogens is 2. The highest BCUT2D eigenvalue weighted by atomic mass is 15.3. The lowest BCUT2D eigenvalue weighted by molar-refractivity contribution is 0.540. The molecule has 88 valence electrons. The lowest BCUT2D eigenvalue weighted by Gasteiger charge is -2.23. The lowest BCUT2D eigenvalue weighted by Crippen LogP contribution is -2.20. The van der Waals surface area contributed by atoms with Crippen LogP contribution in [0, 0.1) is 6.92 Å². The number of hydrogen-bond donors (Lipinski definition) is 0. The maximum atomic E-state index is 4.44. The second kappa shape index (κ2) is 5.15. The van der Waals surface area contributed by atoms with Crippen LogP contribution in [0.15, 0.2) is 24.3 Å². The van der Waals surface area contributed by atoms with E-state index in [-0.39, 0.29) is 5.41 Å². The molecule has 2 nitrogen and oxygen atoms in total. The van der Waals surface area contributed by atoms with E-state index in [1.54, 1.807) is 0 Å². The Bertz CT molecular complexity index is 399. The number of rotatable bonds is 1. The van der Waals surface area contributed by atoms with Gasteiger partial charge in [-0.05, 0) is 25.5 Å². The van der Waals surface area contributed by atoms with Crippen molar-refractivity contribution >= 4 is 6.20 Å². The van der Waals surface area contributed by atoms with Crippen LogP contribution in [0.3, 0.4) is 0 Å². The average Bonchev–Trinajstić information content (AvgIpc) is 2.62. The normalized spacial score (nSPS) is 22.1. The molecule has 2 rings (SSSR count). The Balaban J connectivity index is 0.000000606. The van der Waals surface area contributed by atoms with E-state index in [4.69, 9.17) is 0 Å². The summed E-state index contributed by atoms with van der Waals surface area (Å²) in [6, 6.07) is 2.17. The van der Waals surface area contributed by atoms with Crippen LogP contribution in [-0.2, 0) is 5.41 Å². The van der Waals surface area contributed by atoms with Crippen LogP contribution in [-0.4, -0.2) is 9.78 Å². The summed E-state index contributed by atoms with van der Waals surface area (Å²) in [6.07, 6.45) is 9.50. The summed E-state index contributed by atoms with van der Waals surface area (Å²) in [6.45, 7) is 10.5. The number of hydrogen-bond acceptors (Lipinski definition) is 1. The minimum absolute atomic E-state index is 0.116. The Morgan fingerprint density at radius 1 is 1.31 bits per heavy atom. The second-order valence-corrected chi connectivity index (χ2v) is 4.09. The molecule has 0 N–H and O–H groups in total. The third-order valence-corrected chi connectivity index (χ3v) is 2.98. The third kappa shape index (κ3) is 2.26. The standard InChI is InChI=1S/C12H16N2.C2H6/c1-4-12(3)7-5-6-8-14-11(12)9-10(2)13-14;1-2/h5-9H,4H2,1-3H3;1-2H3. The molecule has 1 aromatic rings. The first-order valence-electron chi connectivity index (χ1n) is 6.08. The molecule has 1 atom stereocenters. The van der Waals surface area contributed by atoms with E-state index in [2.05, 4.69) is 37.2 Å². The van der Waals surface area contributed by atoms with Crippen molar-refractivity contribution in [1.82, 2.24) is 9.78 Å². The Kier molecular flexibility index (Phi) is 4.11. The molecule has 0 radical (unpaired) electrons. The van der Waals surface area contributed by atoms with Crippen molar-refractivity contribution in [2.75, 3.05) is 0 Å². The first kappa shape index (κ1) is 12.8. The smallest absolute Gasteiger partial charge is 0.0601 e. The van der Waals surface area contributed by atoms with Crippen LogP contribution >= 0.6 is 0 Å². The molecule has 0 saturated heterocycles. The monoisotopic (exact) mass is 218 g/mol. The van der Waals surface area contributed by atoms with Crippen molar-refractivity contribution in [3.05, 3.63) is 35.7 Å². The summed E-state index contributed by atoms with van der Waals surface area (Å²) < 4.78 is 1.98. The van der Waals surface area contributed by atoms with Gasteiger partial charge in [-0.1, -0.05) is 39.8 Å². The van der Waals surface area contributed by atoms with Crippen LogP contribution in [0.4, 0.5) is 0 Å². The molecule has 2 heterocycles. The summed E-state index contributed by atoms with van der Waals surface area (Å²) in [4.78, 5) is 0. The van der Waals surface area contributed by atoms with Crippen LogP contribution in [0.25, 0.3) is 6.20 Å². The van der Waals surface area contributed by atoms with Gasteiger partial charge in [0.15, 0.2) is 0 Å². The van der Waals surface area contributed by atoms with Crippen molar-refractivity contribution in [1.29, 1.82) is 0 Å². The Hall–Kier alpha value is -1.31. The molecule has 0 spiro atoms. The first-order valence-corrected chi connectivity index (χ1v) is 6.08. The molecule has 0 amide bonds. The van der Waals surface area contributed by atoms with E-state index >= 15 is 0 Å². The van der Waals surface area contributed by atoms with E-state index in [0.717, 1.165) is 12.1 Å². The van der Waals surface area contributed by atoms with E-state index in [0.29, 0.717) is 0 Å². The SMILES string of the molecule is CC.CCC1(C)C=CC=Cn2nc(C)cc21. The highest BCUT2D eigenvalue weighted by Gasteiger charge is 2.26. The predicted molar refractivity (Wildman–Crippen MR) is 70.4 cm³/mol. The second-order valence-electron chi connectivity index (χ2n) is 4.09. The maximum Gasteiger partial charge on any atom is 0.0601 e. The van der Waals surface area contributed by atoms with Gasteiger partial charge >= 0.3 is 0 Å². The number of allylic oxidation sites excluding steroid dienone is 3.